The Hall–Kier alpha value is -1.33. The average molecular weight is 352 g/mol. The lowest BCUT2D eigenvalue weighted by Crippen LogP contribution is -2.40. The summed E-state index contributed by atoms with van der Waals surface area (Å²) in [6.07, 6.45) is -7.89. The molecule has 0 spiro atoms. The molecule has 0 bridgehead atoms. The Kier molecular flexibility index (Phi) is 4.92. The first-order chi connectivity index (χ1) is 10.5. The minimum atomic E-state index is -4.57. The molecule has 0 aliphatic carbocycles. The molecule has 1 saturated heterocycles. The van der Waals surface area contributed by atoms with Crippen molar-refractivity contribution in [1.82, 2.24) is 9.55 Å². The molecule has 2 rings (SSSR count). The molecule has 0 aromatic carbocycles. The number of aromatic amines is 1. The highest BCUT2D eigenvalue weighted by molar-refractivity contribution is 7.51. The summed E-state index contributed by atoms with van der Waals surface area (Å²) in [6.45, 7) is 1.41. The first-order valence-corrected chi connectivity index (χ1v) is 8.37. The number of hydrogen-bond donors (Lipinski definition) is 6. The Labute approximate surface area is 129 Å². The minimum Gasteiger partial charge on any atom is -0.390 e. The van der Waals surface area contributed by atoms with E-state index < -0.39 is 55.7 Å². The number of nitrogens with zero attached hydrogens (tertiary/aromatic N) is 1. The molecule has 0 amide bonds. The Morgan fingerprint density at radius 3 is 2.52 bits per heavy atom. The van der Waals surface area contributed by atoms with Crippen molar-refractivity contribution < 1.29 is 34.4 Å². The Morgan fingerprint density at radius 2 is 1.96 bits per heavy atom. The number of aliphatic hydroxyl groups is 3. The molecule has 1 fully saturated rings. The normalized spacial score (nSPS) is 29.7. The molecule has 1 aliphatic heterocycles. The summed E-state index contributed by atoms with van der Waals surface area (Å²) < 4.78 is 16.9. The third kappa shape index (κ3) is 3.78. The topological polar surface area (TPSA) is 182 Å². The summed E-state index contributed by atoms with van der Waals surface area (Å²) in [7, 11) is -4.57. The standard InChI is InChI=1S/C11H17N2O9P/c1-4-2-13(11(18)12-9(4)17)10-7(16)6(15)8(22-10)5(14)3-23(19,20)21/h2,5-8,10,14-16H,3H2,1H3,(H,12,17,18)(H2,19,20,21)/t5-,6+,7-,8-,10-/m1/s1. The van der Waals surface area contributed by atoms with Crippen LogP contribution in [0.3, 0.4) is 0 Å². The number of aryl methyl sites for hydroxylation is 1. The van der Waals surface area contributed by atoms with E-state index in [1.165, 1.54) is 6.92 Å². The van der Waals surface area contributed by atoms with E-state index in [2.05, 4.69) is 0 Å². The van der Waals surface area contributed by atoms with Gasteiger partial charge in [-0.15, -0.1) is 0 Å². The molecule has 2 heterocycles. The lowest BCUT2D eigenvalue weighted by atomic mass is 10.1. The first kappa shape index (κ1) is 18.0. The zero-order valence-corrected chi connectivity index (χ0v) is 12.8. The van der Waals surface area contributed by atoms with Gasteiger partial charge in [0, 0.05) is 11.8 Å². The van der Waals surface area contributed by atoms with Crippen molar-refractivity contribution in [3.05, 3.63) is 32.6 Å². The smallest absolute Gasteiger partial charge is 0.330 e. The molecule has 1 aromatic rings. The maximum absolute atomic E-state index is 11.8. The van der Waals surface area contributed by atoms with Crippen LogP contribution in [0.25, 0.3) is 0 Å². The van der Waals surface area contributed by atoms with Crippen molar-refractivity contribution in [2.75, 3.05) is 6.16 Å². The molecule has 0 unspecified atom stereocenters. The van der Waals surface area contributed by atoms with Gasteiger partial charge >= 0.3 is 13.3 Å². The zero-order chi connectivity index (χ0) is 17.5. The predicted molar refractivity (Wildman–Crippen MR) is 74.9 cm³/mol. The van der Waals surface area contributed by atoms with E-state index in [1.807, 2.05) is 4.98 Å². The third-order valence-corrected chi connectivity index (χ3v) is 4.35. The molecule has 23 heavy (non-hydrogen) atoms. The van der Waals surface area contributed by atoms with Crippen LogP contribution in [0.15, 0.2) is 15.8 Å². The fourth-order valence-corrected chi connectivity index (χ4v) is 3.05. The molecule has 1 aromatic heterocycles. The zero-order valence-electron chi connectivity index (χ0n) is 11.9. The number of aliphatic hydroxyl groups excluding tert-OH is 3. The van der Waals surface area contributed by atoms with E-state index >= 15 is 0 Å². The van der Waals surface area contributed by atoms with E-state index in [4.69, 9.17) is 14.5 Å². The van der Waals surface area contributed by atoms with Crippen molar-refractivity contribution in [3.63, 3.8) is 0 Å². The van der Waals surface area contributed by atoms with E-state index in [9.17, 15) is 29.5 Å². The lowest BCUT2D eigenvalue weighted by Gasteiger charge is -2.21. The minimum absolute atomic E-state index is 0.147. The predicted octanol–water partition coefficient (Wildman–Crippen LogP) is -3.00. The summed E-state index contributed by atoms with van der Waals surface area (Å²) in [4.78, 5) is 42.8. The molecule has 11 nitrogen and oxygen atoms in total. The van der Waals surface area contributed by atoms with Gasteiger partial charge in [0.2, 0.25) is 0 Å². The highest BCUT2D eigenvalue weighted by Gasteiger charge is 2.48. The molecule has 0 saturated carbocycles. The summed E-state index contributed by atoms with van der Waals surface area (Å²) in [5.74, 6) is 0. The number of nitrogens with one attached hydrogen (secondary N) is 1. The van der Waals surface area contributed by atoms with Crippen LogP contribution in [0.1, 0.15) is 11.8 Å². The fourth-order valence-electron chi connectivity index (χ4n) is 2.36. The maximum atomic E-state index is 11.8. The van der Waals surface area contributed by atoms with Gasteiger partial charge in [-0.1, -0.05) is 0 Å². The molecule has 6 N–H and O–H groups in total. The lowest BCUT2D eigenvalue weighted by molar-refractivity contribution is -0.0803. The van der Waals surface area contributed by atoms with Crippen molar-refractivity contribution in [2.24, 2.45) is 0 Å². The van der Waals surface area contributed by atoms with Gasteiger partial charge in [0.05, 0.1) is 12.3 Å². The maximum Gasteiger partial charge on any atom is 0.330 e. The van der Waals surface area contributed by atoms with Crippen LogP contribution in [0, 0.1) is 6.92 Å². The van der Waals surface area contributed by atoms with Crippen LogP contribution in [0.2, 0.25) is 0 Å². The van der Waals surface area contributed by atoms with Crippen LogP contribution >= 0.6 is 7.60 Å². The monoisotopic (exact) mass is 352 g/mol. The molecular weight excluding hydrogens is 335 g/mol. The number of ether oxygens (including phenoxy) is 1. The average Bonchev–Trinajstić information content (AvgIpc) is 2.69. The van der Waals surface area contributed by atoms with Gasteiger partial charge in [0.15, 0.2) is 6.23 Å². The van der Waals surface area contributed by atoms with Gasteiger partial charge in [0.25, 0.3) is 5.56 Å². The van der Waals surface area contributed by atoms with Crippen LogP contribution in [-0.4, -0.2) is 65.2 Å². The Balaban J connectivity index is 2.30. The number of aromatic nitrogens is 2. The first-order valence-electron chi connectivity index (χ1n) is 6.57. The van der Waals surface area contributed by atoms with Gasteiger partial charge in [-0.2, -0.15) is 0 Å². The van der Waals surface area contributed by atoms with Crippen molar-refractivity contribution in [2.45, 2.75) is 37.6 Å². The highest BCUT2D eigenvalue weighted by Crippen LogP contribution is 2.39. The van der Waals surface area contributed by atoms with Crippen LogP contribution in [0.5, 0.6) is 0 Å². The molecule has 1 aliphatic rings. The van der Waals surface area contributed by atoms with Gasteiger partial charge in [-0.25, -0.2) is 4.79 Å². The van der Waals surface area contributed by atoms with E-state index in [0.29, 0.717) is 0 Å². The van der Waals surface area contributed by atoms with Gasteiger partial charge in [-0.05, 0) is 6.92 Å². The van der Waals surface area contributed by atoms with Crippen LogP contribution < -0.4 is 11.2 Å². The molecule has 0 radical (unpaired) electrons. The summed E-state index contributed by atoms with van der Waals surface area (Å²) in [5.41, 5.74) is -1.38. The van der Waals surface area contributed by atoms with Crippen LogP contribution in [0.4, 0.5) is 0 Å². The quantitative estimate of drug-likeness (QED) is 0.308. The molecular formula is C11H17N2O9P. The largest absolute Gasteiger partial charge is 0.390 e. The second-order valence-corrected chi connectivity index (χ2v) is 7.06. The summed E-state index contributed by atoms with van der Waals surface area (Å²) in [6, 6.07) is 0. The molecule has 5 atom stereocenters. The Bertz CT molecular complexity index is 738. The highest BCUT2D eigenvalue weighted by atomic mass is 31.2. The van der Waals surface area contributed by atoms with Gasteiger partial charge in [-0.3, -0.25) is 18.9 Å². The van der Waals surface area contributed by atoms with Crippen molar-refractivity contribution in [1.29, 1.82) is 0 Å². The third-order valence-electron chi connectivity index (χ3n) is 3.50. The number of rotatable bonds is 4. The second kappa shape index (κ2) is 6.29. The summed E-state index contributed by atoms with van der Waals surface area (Å²) in [5, 5.41) is 29.6. The van der Waals surface area contributed by atoms with E-state index in [-0.39, 0.29) is 5.56 Å². The molecule has 12 heteroatoms. The van der Waals surface area contributed by atoms with E-state index in [0.717, 1.165) is 10.8 Å². The van der Waals surface area contributed by atoms with Gasteiger partial charge < -0.3 is 29.8 Å². The summed E-state index contributed by atoms with van der Waals surface area (Å²) >= 11 is 0. The SMILES string of the molecule is Cc1cn([C@@H]2O[C@H]([C@H](O)CP(=O)(O)O)[C@@H](O)[C@H]2O)c(=O)[nH]c1=O. The van der Waals surface area contributed by atoms with Crippen molar-refractivity contribution in [3.8, 4) is 0 Å². The van der Waals surface area contributed by atoms with Gasteiger partial charge in [0.1, 0.15) is 18.3 Å². The van der Waals surface area contributed by atoms with E-state index in [1.54, 1.807) is 0 Å². The second-order valence-electron chi connectivity index (χ2n) is 5.37. The fraction of sp³-hybridized carbons (Fsp3) is 0.636. The number of H-pyrrole nitrogens is 1. The number of hydrogen-bond acceptors (Lipinski definition) is 7. The Morgan fingerprint density at radius 1 is 1.35 bits per heavy atom. The molecule has 130 valence electrons. The van der Waals surface area contributed by atoms with Crippen molar-refractivity contribution >= 4 is 7.60 Å². The van der Waals surface area contributed by atoms with Crippen LogP contribution in [-0.2, 0) is 9.30 Å².